The molecular weight excluding hydrogens is 374 g/mol. The molecule has 6 aliphatic rings. The summed E-state index contributed by atoms with van der Waals surface area (Å²) in [5, 5.41) is 9.87. The number of hydrogen-bond acceptors (Lipinski definition) is 7. The van der Waals surface area contributed by atoms with Crippen LogP contribution in [0.5, 0.6) is 0 Å². The van der Waals surface area contributed by atoms with E-state index in [2.05, 4.69) is 17.9 Å². The molecule has 5 saturated heterocycles. The highest BCUT2D eigenvalue weighted by Crippen LogP contribution is 2.72. The molecular formula is C22H27NO6. The molecule has 156 valence electrons. The number of rotatable bonds is 3. The van der Waals surface area contributed by atoms with Crippen LogP contribution in [0.25, 0.3) is 0 Å². The summed E-state index contributed by atoms with van der Waals surface area (Å²) in [7, 11) is 1.55. The van der Waals surface area contributed by atoms with Gasteiger partial charge >= 0.3 is 5.97 Å². The molecule has 0 aromatic rings. The number of nitrogens with zero attached hydrogens (tertiary/aromatic N) is 1. The first-order valence-corrected chi connectivity index (χ1v) is 10.6. The molecule has 0 aliphatic carbocycles. The first-order valence-electron chi connectivity index (χ1n) is 10.6. The van der Waals surface area contributed by atoms with E-state index >= 15 is 0 Å². The molecule has 7 nitrogen and oxygen atoms in total. The van der Waals surface area contributed by atoms with E-state index in [4.69, 9.17) is 18.9 Å². The molecule has 1 spiro atoms. The lowest BCUT2D eigenvalue weighted by Gasteiger charge is -2.47. The van der Waals surface area contributed by atoms with Gasteiger partial charge < -0.3 is 24.1 Å². The Morgan fingerprint density at radius 2 is 2.21 bits per heavy atom. The van der Waals surface area contributed by atoms with Gasteiger partial charge in [-0.25, -0.2) is 4.79 Å². The van der Waals surface area contributed by atoms with Gasteiger partial charge in [0.2, 0.25) is 11.5 Å². The molecule has 6 aliphatic heterocycles. The van der Waals surface area contributed by atoms with E-state index in [-0.39, 0.29) is 35.4 Å². The molecule has 0 amide bonds. The average Bonchev–Trinajstić information content (AvgIpc) is 3.38. The summed E-state index contributed by atoms with van der Waals surface area (Å²) in [5.41, 5.74) is 0.259. The van der Waals surface area contributed by atoms with Crippen LogP contribution in [0.15, 0.2) is 35.0 Å². The minimum absolute atomic E-state index is 0.0553. The van der Waals surface area contributed by atoms with Gasteiger partial charge in [0.05, 0.1) is 42.3 Å². The van der Waals surface area contributed by atoms with E-state index in [0.29, 0.717) is 28.9 Å². The van der Waals surface area contributed by atoms with Crippen LogP contribution in [0.4, 0.5) is 0 Å². The number of piperidine rings is 1. The molecule has 0 aromatic carbocycles. The maximum Gasteiger partial charge on any atom is 0.343 e. The summed E-state index contributed by atoms with van der Waals surface area (Å²) >= 11 is 0. The summed E-state index contributed by atoms with van der Waals surface area (Å²) in [5.74, 6) is 0.884. The highest BCUT2D eigenvalue weighted by Gasteiger charge is 2.83. The molecule has 29 heavy (non-hydrogen) atoms. The predicted molar refractivity (Wildman–Crippen MR) is 101 cm³/mol. The summed E-state index contributed by atoms with van der Waals surface area (Å²) in [6.07, 6.45) is 5.59. The number of allylic oxidation sites excluding steroid dienone is 1. The number of carbonyl (C=O) groups is 1. The summed E-state index contributed by atoms with van der Waals surface area (Å²) in [4.78, 5) is 14.8. The highest BCUT2D eigenvalue weighted by molar-refractivity contribution is 5.93. The molecule has 6 heterocycles. The van der Waals surface area contributed by atoms with Crippen molar-refractivity contribution in [2.75, 3.05) is 13.7 Å². The van der Waals surface area contributed by atoms with Gasteiger partial charge in [0.15, 0.2) is 5.76 Å². The molecule has 1 N–H and O–H groups in total. The molecule has 0 saturated carbocycles. The molecule has 9 atom stereocenters. The smallest absolute Gasteiger partial charge is 0.343 e. The Hall–Kier alpha value is -1.83. The summed E-state index contributed by atoms with van der Waals surface area (Å²) < 4.78 is 24.4. The van der Waals surface area contributed by atoms with E-state index in [1.807, 2.05) is 6.08 Å². The second-order valence-corrected chi connectivity index (χ2v) is 9.31. The van der Waals surface area contributed by atoms with Crippen molar-refractivity contribution in [1.82, 2.24) is 4.90 Å². The second kappa shape index (κ2) is 5.45. The first-order chi connectivity index (χ1) is 13.8. The number of ether oxygens (including phenoxy) is 4. The number of carbonyl (C=O) groups excluding carboxylic acids is 1. The quantitative estimate of drug-likeness (QED) is 0.571. The van der Waals surface area contributed by atoms with Gasteiger partial charge in [-0.3, -0.25) is 4.90 Å². The zero-order chi connectivity index (χ0) is 20.3. The largest absolute Gasteiger partial charge is 0.492 e. The Morgan fingerprint density at radius 3 is 2.93 bits per heavy atom. The van der Waals surface area contributed by atoms with Gasteiger partial charge in [0.25, 0.3) is 0 Å². The fourth-order valence-electron chi connectivity index (χ4n) is 7.21. The van der Waals surface area contributed by atoms with Crippen molar-refractivity contribution in [1.29, 1.82) is 0 Å². The summed E-state index contributed by atoms with van der Waals surface area (Å²) in [6, 6.07) is 0.354. The normalized spacial score (nSPS) is 52.5. The second-order valence-electron chi connectivity index (χ2n) is 9.31. The number of fused-ring (bicyclic) bond motifs is 1. The maximum absolute atomic E-state index is 12.2. The van der Waals surface area contributed by atoms with Gasteiger partial charge in [-0.15, -0.1) is 0 Å². The standard InChI is InChI=1S/C22H27NO6/c1-10(24)5-7-21-14-6-8-23(21)13-9-15(21)28-22(14)16(13)11(2)18(29-22)19-17(26-4)12(3)20(25)27-19/h5,7,10-11,13-16,24H,6,8-9H2,1-4H3/b7-5+,19-18-/t10-,11+,13?,14?,15?,16?,21?,22+/m0/s1. The van der Waals surface area contributed by atoms with Crippen LogP contribution in [0.3, 0.4) is 0 Å². The van der Waals surface area contributed by atoms with Crippen LogP contribution in [-0.2, 0) is 23.7 Å². The van der Waals surface area contributed by atoms with Crippen molar-refractivity contribution in [3.8, 4) is 0 Å². The third kappa shape index (κ3) is 1.84. The van der Waals surface area contributed by atoms with Crippen LogP contribution in [0, 0.1) is 17.8 Å². The van der Waals surface area contributed by atoms with Crippen LogP contribution in [-0.4, -0.2) is 59.2 Å². The molecule has 5 fully saturated rings. The third-order valence-corrected chi connectivity index (χ3v) is 8.12. The van der Waals surface area contributed by atoms with Crippen LogP contribution >= 0.6 is 0 Å². The third-order valence-electron chi connectivity index (χ3n) is 8.12. The van der Waals surface area contributed by atoms with Crippen molar-refractivity contribution in [3.05, 3.63) is 35.0 Å². The molecule has 0 radical (unpaired) electrons. The van der Waals surface area contributed by atoms with E-state index in [9.17, 15) is 9.90 Å². The lowest BCUT2D eigenvalue weighted by molar-refractivity contribution is -0.255. The van der Waals surface area contributed by atoms with Crippen LogP contribution < -0.4 is 0 Å². The number of hydrogen-bond donors (Lipinski definition) is 1. The topological polar surface area (TPSA) is 77.5 Å². The molecule has 7 heteroatoms. The molecule has 6 rings (SSSR count). The number of esters is 1. The minimum atomic E-state index is -0.701. The van der Waals surface area contributed by atoms with Gasteiger partial charge in [0, 0.05) is 18.5 Å². The average molecular weight is 401 g/mol. The fourth-order valence-corrected chi connectivity index (χ4v) is 7.21. The number of aliphatic hydroxyl groups is 1. The first kappa shape index (κ1) is 18.0. The lowest BCUT2D eigenvalue weighted by Crippen LogP contribution is -2.60. The van der Waals surface area contributed by atoms with Crippen LogP contribution in [0.1, 0.15) is 33.6 Å². The zero-order valence-electron chi connectivity index (χ0n) is 17.2. The van der Waals surface area contributed by atoms with E-state index in [0.717, 1.165) is 19.4 Å². The molecule has 5 bridgehead atoms. The molecule has 6 unspecified atom stereocenters. The fraction of sp³-hybridized carbons (Fsp3) is 0.682. The van der Waals surface area contributed by atoms with Crippen molar-refractivity contribution >= 4 is 5.97 Å². The minimum Gasteiger partial charge on any atom is -0.492 e. The van der Waals surface area contributed by atoms with E-state index in [1.54, 1.807) is 21.0 Å². The Labute approximate surface area is 169 Å². The van der Waals surface area contributed by atoms with Crippen molar-refractivity contribution in [2.24, 2.45) is 17.8 Å². The van der Waals surface area contributed by atoms with Gasteiger partial charge in [-0.05, 0) is 26.7 Å². The Morgan fingerprint density at radius 1 is 1.41 bits per heavy atom. The Balaban J connectivity index is 1.47. The van der Waals surface area contributed by atoms with E-state index in [1.165, 1.54) is 0 Å². The number of methoxy groups -OCH3 is 1. The lowest BCUT2D eigenvalue weighted by atomic mass is 9.71. The van der Waals surface area contributed by atoms with Gasteiger partial charge in [-0.1, -0.05) is 19.1 Å². The molecule has 0 aromatic heterocycles. The van der Waals surface area contributed by atoms with E-state index < -0.39 is 11.9 Å². The highest BCUT2D eigenvalue weighted by atomic mass is 16.7. The summed E-state index contributed by atoms with van der Waals surface area (Å²) in [6.45, 7) is 6.65. The van der Waals surface area contributed by atoms with Crippen molar-refractivity contribution in [2.45, 2.75) is 63.2 Å². The zero-order valence-corrected chi connectivity index (χ0v) is 17.2. The van der Waals surface area contributed by atoms with Crippen molar-refractivity contribution < 1.29 is 28.8 Å². The Bertz CT molecular complexity index is 905. The van der Waals surface area contributed by atoms with Crippen LogP contribution in [0.2, 0.25) is 0 Å². The monoisotopic (exact) mass is 401 g/mol. The predicted octanol–water partition coefficient (Wildman–Crippen LogP) is 1.84. The van der Waals surface area contributed by atoms with Gasteiger partial charge in [0.1, 0.15) is 5.76 Å². The Kier molecular flexibility index (Phi) is 3.38. The van der Waals surface area contributed by atoms with Gasteiger partial charge in [-0.2, -0.15) is 0 Å². The SMILES string of the molecule is COC1=C(C)C(=O)O/C1=C1\O[C@@]23OC4CC(C2[C@H]1C)N1CCC3C41/C=C/[C@H](C)O. The maximum atomic E-state index is 12.2. The van der Waals surface area contributed by atoms with Crippen molar-refractivity contribution in [3.63, 3.8) is 0 Å². The number of cyclic esters (lactones) is 1. The number of aliphatic hydroxyl groups excluding tert-OH is 1.